The molecule has 0 aliphatic carbocycles. The second-order valence-electron chi connectivity index (χ2n) is 9.56. The van der Waals surface area contributed by atoms with E-state index in [0.29, 0.717) is 12.2 Å². The van der Waals surface area contributed by atoms with Crippen LogP contribution in [-0.2, 0) is 9.53 Å². The van der Waals surface area contributed by atoms with E-state index in [9.17, 15) is 4.79 Å². The van der Waals surface area contributed by atoms with Gasteiger partial charge in [0, 0.05) is 5.57 Å². The summed E-state index contributed by atoms with van der Waals surface area (Å²) in [5, 5.41) is 0. The number of esters is 1. The SMILES string of the molecule is C=C(CCCCCCCC)C(=O)OCCCCCCCCCCCCCCCCCC. The first kappa shape index (κ1) is 30.2. The van der Waals surface area contributed by atoms with Crippen molar-refractivity contribution < 1.29 is 9.53 Å². The van der Waals surface area contributed by atoms with E-state index in [0.717, 1.165) is 19.3 Å². The molecule has 0 aromatic carbocycles. The Balaban J connectivity index is 3.24. The molecular weight excluding hydrogens is 380 g/mol. The topological polar surface area (TPSA) is 26.3 Å². The highest BCUT2D eigenvalue weighted by atomic mass is 16.5. The summed E-state index contributed by atoms with van der Waals surface area (Å²) in [6, 6.07) is 0. The first-order chi connectivity index (χ1) is 15.2. The van der Waals surface area contributed by atoms with Crippen molar-refractivity contribution in [3.8, 4) is 0 Å². The van der Waals surface area contributed by atoms with Gasteiger partial charge in [0.25, 0.3) is 0 Å². The summed E-state index contributed by atoms with van der Waals surface area (Å²) in [4.78, 5) is 11.9. The van der Waals surface area contributed by atoms with Gasteiger partial charge in [-0.3, -0.25) is 0 Å². The first-order valence-electron chi connectivity index (χ1n) is 14.1. The molecule has 31 heavy (non-hydrogen) atoms. The van der Waals surface area contributed by atoms with Crippen molar-refractivity contribution >= 4 is 5.97 Å². The Morgan fingerprint density at radius 1 is 0.516 bits per heavy atom. The first-order valence-corrected chi connectivity index (χ1v) is 14.1. The van der Waals surface area contributed by atoms with E-state index in [1.165, 1.54) is 128 Å². The van der Waals surface area contributed by atoms with Crippen molar-refractivity contribution in [1.29, 1.82) is 0 Å². The van der Waals surface area contributed by atoms with Crippen molar-refractivity contribution in [3.63, 3.8) is 0 Å². The molecule has 0 heterocycles. The Kier molecular flexibility index (Phi) is 24.8. The monoisotopic (exact) mass is 436 g/mol. The maximum atomic E-state index is 11.9. The minimum Gasteiger partial charge on any atom is -0.462 e. The molecule has 0 unspecified atom stereocenters. The van der Waals surface area contributed by atoms with E-state index in [1.807, 2.05) is 0 Å². The molecule has 2 nitrogen and oxygen atoms in total. The van der Waals surface area contributed by atoms with Crippen LogP contribution < -0.4 is 0 Å². The standard InChI is InChI=1S/C29H56O2/c1-4-6-8-10-12-13-14-15-16-17-18-19-20-21-23-25-27-31-29(30)28(3)26-24-22-11-9-7-5-2/h3-27H2,1-2H3. The molecule has 0 aliphatic heterocycles. The highest BCUT2D eigenvalue weighted by Gasteiger charge is 2.07. The lowest BCUT2D eigenvalue weighted by atomic mass is 10.0. The zero-order chi connectivity index (χ0) is 22.8. The Morgan fingerprint density at radius 2 is 0.839 bits per heavy atom. The van der Waals surface area contributed by atoms with E-state index >= 15 is 0 Å². The van der Waals surface area contributed by atoms with Gasteiger partial charge in [-0.25, -0.2) is 4.79 Å². The highest BCUT2D eigenvalue weighted by molar-refractivity contribution is 5.87. The lowest BCUT2D eigenvalue weighted by Crippen LogP contribution is -2.08. The van der Waals surface area contributed by atoms with Crippen LogP contribution in [-0.4, -0.2) is 12.6 Å². The molecule has 0 saturated carbocycles. The molecule has 0 fully saturated rings. The van der Waals surface area contributed by atoms with Gasteiger partial charge in [0.1, 0.15) is 0 Å². The van der Waals surface area contributed by atoms with Crippen molar-refractivity contribution in [1.82, 2.24) is 0 Å². The lowest BCUT2D eigenvalue weighted by Gasteiger charge is -2.07. The average molecular weight is 437 g/mol. The Hall–Kier alpha value is -0.790. The normalized spacial score (nSPS) is 11.0. The molecule has 184 valence electrons. The predicted octanol–water partition coefficient (Wildman–Crippen LogP) is 10.1. The largest absolute Gasteiger partial charge is 0.462 e. The second kappa shape index (κ2) is 25.5. The number of hydrogen-bond donors (Lipinski definition) is 0. The summed E-state index contributed by atoms with van der Waals surface area (Å²) in [5.41, 5.74) is 0.659. The predicted molar refractivity (Wildman–Crippen MR) is 138 cm³/mol. The molecule has 0 atom stereocenters. The molecule has 2 heteroatoms. The molecule has 0 aliphatic rings. The summed E-state index contributed by atoms with van der Waals surface area (Å²) < 4.78 is 5.38. The Morgan fingerprint density at radius 3 is 1.23 bits per heavy atom. The van der Waals surface area contributed by atoms with Gasteiger partial charge in [0.05, 0.1) is 6.61 Å². The van der Waals surface area contributed by atoms with E-state index in [2.05, 4.69) is 20.4 Å². The fourth-order valence-electron chi connectivity index (χ4n) is 4.14. The molecular formula is C29H56O2. The third-order valence-corrected chi connectivity index (χ3v) is 6.35. The van der Waals surface area contributed by atoms with Crippen LogP contribution >= 0.6 is 0 Å². The maximum Gasteiger partial charge on any atom is 0.333 e. The minimum absolute atomic E-state index is 0.172. The van der Waals surface area contributed by atoms with Crippen LogP contribution in [0.4, 0.5) is 0 Å². The van der Waals surface area contributed by atoms with Crippen LogP contribution in [0.1, 0.15) is 162 Å². The fraction of sp³-hybridized carbons (Fsp3) is 0.897. The van der Waals surface area contributed by atoms with Crippen LogP contribution in [0.2, 0.25) is 0 Å². The van der Waals surface area contributed by atoms with E-state index in [-0.39, 0.29) is 5.97 Å². The Labute approximate surface area is 196 Å². The third kappa shape index (κ3) is 23.7. The summed E-state index contributed by atoms with van der Waals surface area (Å²) in [6.07, 6.45) is 30.0. The quantitative estimate of drug-likeness (QED) is 0.0808. The van der Waals surface area contributed by atoms with Gasteiger partial charge in [0.15, 0.2) is 0 Å². The number of rotatable bonds is 25. The second-order valence-corrected chi connectivity index (χ2v) is 9.56. The van der Waals surface area contributed by atoms with Crippen molar-refractivity contribution in [3.05, 3.63) is 12.2 Å². The number of unbranched alkanes of at least 4 members (excludes halogenated alkanes) is 20. The molecule has 0 saturated heterocycles. The van der Waals surface area contributed by atoms with Crippen LogP contribution in [0.3, 0.4) is 0 Å². The smallest absolute Gasteiger partial charge is 0.333 e. The highest BCUT2D eigenvalue weighted by Crippen LogP contribution is 2.14. The summed E-state index contributed by atoms with van der Waals surface area (Å²) in [6.45, 7) is 8.99. The lowest BCUT2D eigenvalue weighted by molar-refractivity contribution is -0.139. The van der Waals surface area contributed by atoms with Gasteiger partial charge in [-0.05, 0) is 19.3 Å². The maximum absolute atomic E-state index is 11.9. The molecule has 0 rings (SSSR count). The van der Waals surface area contributed by atoms with Gasteiger partial charge in [0.2, 0.25) is 0 Å². The summed E-state index contributed by atoms with van der Waals surface area (Å²) in [5.74, 6) is -0.172. The number of carbonyl (C=O) groups is 1. The average Bonchev–Trinajstić information content (AvgIpc) is 2.77. The summed E-state index contributed by atoms with van der Waals surface area (Å²) in [7, 11) is 0. The minimum atomic E-state index is -0.172. The zero-order valence-electron chi connectivity index (χ0n) is 21.5. The number of ether oxygens (including phenoxy) is 1. The fourth-order valence-corrected chi connectivity index (χ4v) is 4.14. The molecule has 0 radical (unpaired) electrons. The zero-order valence-corrected chi connectivity index (χ0v) is 21.5. The van der Waals surface area contributed by atoms with Gasteiger partial charge in [-0.1, -0.05) is 149 Å². The van der Waals surface area contributed by atoms with Crippen molar-refractivity contribution in [2.75, 3.05) is 6.61 Å². The molecule has 0 aromatic heterocycles. The molecule has 0 amide bonds. The van der Waals surface area contributed by atoms with Gasteiger partial charge < -0.3 is 4.74 Å². The molecule has 0 bridgehead atoms. The van der Waals surface area contributed by atoms with Crippen molar-refractivity contribution in [2.24, 2.45) is 0 Å². The van der Waals surface area contributed by atoms with Gasteiger partial charge in [-0.2, -0.15) is 0 Å². The molecule has 0 spiro atoms. The van der Waals surface area contributed by atoms with Crippen LogP contribution in [0.5, 0.6) is 0 Å². The van der Waals surface area contributed by atoms with Gasteiger partial charge >= 0.3 is 5.97 Å². The van der Waals surface area contributed by atoms with Gasteiger partial charge in [-0.15, -0.1) is 0 Å². The van der Waals surface area contributed by atoms with Crippen molar-refractivity contribution in [2.45, 2.75) is 162 Å². The Bertz CT molecular complexity index is 388. The van der Waals surface area contributed by atoms with Crippen LogP contribution in [0, 0.1) is 0 Å². The molecule has 0 N–H and O–H groups in total. The number of carbonyl (C=O) groups excluding carboxylic acids is 1. The number of hydrogen-bond acceptors (Lipinski definition) is 2. The third-order valence-electron chi connectivity index (χ3n) is 6.35. The van der Waals surface area contributed by atoms with E-state index in [4.69, 9.17) is 4.74 Å². The van der Waals surface area contributed by atoms with Crippen LogP contribution in [0.15, 0.2) is 12.2 Å². The van der Waals surface area contributed by atoms with Crippen LogP contribution in [0.25, 0.3) is 0 Å². The van der Waals surface area contributed by atoms with E-state index < -0.39 is 0 Å². The van der Waals surface area contributed by atoms with E-state index in [1.54, 1.807) is 0 Å². The molecule has 0 aromatic rings. The summed E-state index contributed by atoms with van der Waals surface area (Å²) >= 11 is 0.